The number of amides is 1. The fourth-order valence-corrected chi connectivity index (χ4v) is 3.91. The average Bonchev–Trinajstić information content (AvgIpc) is 3.53. The molecule has 0 saturated heterocycles. The van der Waals surface area contributed by atoms with Crippen molar-refractivity contribution in [1.82, 2.24) is 19.9 Å². The minimum absolute atomic E-state index is 0.0508. The molecule has 0 bridgehead atoms. The van der Waals surface area contributed by atoms with E-state index in [1.165, 1.54) is 13.1 Å². The molecule has 1 saturated carbocycles. The molecule has 3 aromatic rings. The van der Waals surface area contributed by atoms with Gasteiger partial charge in [-0.15, -0.1) is 0 Å². The summed E-state index contributed by atoms with van der Waals surface area (Å²) in [6, 6.07) is 7.90. The summed E-state index contributed by atoms with van der Waals surface area (Å²) in [6.45, 7) is 6.82. The van der Waals surface area contributed by atoms with Gasteiger partial charge in [0.05, 0.1) is 11.8 Å². The number of carbonyl (C=O) groups excluding carboxylic acids is 1. The molecule has 1 amide bonds. The van der Waals surface area contributed by atoms with E-state index in [0.29, 0.717) is 40.0 Å². The first-order chi connectivity index (χ1) is 17.6. The molecule has 1 aliphatic carbocycles. The van der Waals surface area contributed by atoms with E-state index in [4.69, 9.17) is 11.6 Å². The Kier molecular flexibility index (Phi) is 6.92. The normalized spacial score (nSPS) is 15.8. The highest BCUT2D eigenvalue weighted by Crippen LogP contribution is 2.34. The summed E-state index contributed by atoms with van der Waals surface area (Å²) >= 11 is 6.13. The third kappa shape index (κ3) is 4.99. The number of nitrogens with one attached hydrogen (secondary N) is 2. The number of hydrogen-bond acceptors (Lipinski definition) is 7. The maximum atomic E-state index is 13.7. The van der Waals surface area contributed by atoms with Crippen LogP contribution < -0.4 is 21.3 Å². The summed E-state index contributed by atoms with van der Waals surface area (Å²) in [7, 11) is 0. The fourth-order valence-electron chi connectivity index (χ4n) is 3.74. The predicted octanol–water partition coefficient (Wildman–Crippen LogP) is 3.07. The molecule has 0 spiro atoms. The number of hydrogen-bond donors (Lipinski definition) is 2. The lowest BCUT2D eigenvalue weighted by molar-refractivity contribution is -0.122. The Bertz CT molecular complexity index is 1630. The van der Waals surface area contributed by atoms with E-state index in [1.54, 1.807) is 37.3 Å². The van der Waals surface area contributed by atoms with Crippen molar-refractivity contribution in [2.75, 3.05) is 5.32 Å². The van der Waals surface area contributed by atoms with Crippen LogP contribution in [0.5, 0.6) is 0 Å². The lowest BCUT2D eigenvalue weighted by Gasteiger charge is -2.12. The molecule has 12 heteroatoms. The molecule has 1 atom stereocenters. The first-order valence-corrected chi connectivity index (χ1v) is 11.6. The molecule has 0 aliphatic heterocycles. The second-order valence-electron chi connectivity index (χ2n) is 8.56. The van der Waals surface area contributed by atoms with E-state index in [1.807, 2.05) is 0 Å². The van der Waals surface area contributed by atoms with Crippen LogP contribution in [0.2, 0.25) is 5.02 Å². The van der Waals surface area contributed by atoms with Gasteiger partial charge in [-0.2, -0.15) is 20.1 Å². The third-order valence-electron chi connectivity index (χ3n) is 5.91. The molecule has 9 nitrogen and oxygen atoms in total. The number of halogens is 3. The largest absolute Gasteiger partial charge is 0.362 e. The number of fused-ring (bicyclic) bond motifs is 1. The monoisotopic (exact) mass is 522 g/mol. The molecular formula is C25H21ClF2N8O. The first-order valence-electron chi connectivity index (χ1n) is 11.2. The molecule has 0 radical (unpaired) electrons. The van der Waals surface area contributed by atoms with Gasteiger partial charge in [0.1, 0.15) is 28.9 Å². The van der Waals surface area contributed by atoms with Crippen LogP contribution in [0.25, 0.3) is 11.7 Å². The van der Waals surface area contributed by atoms with E-state index in [0.717, 1.165) is 4.52 Å². The number of nitriles is 2. The van der Waals surface area contributed by atoms with Crippen LogP contribution in [0.3, 0.4) is 0 Å². The summed E-state index contributed by atoms with van der Waals surface area (Å²) in [5, 5.41) is 29.4. The van der Waals surface area contributed by atoms with Gasteiger partial charge < -0.3 is 10.6 Å². The van der Waals surface area contributed by atoms with E-state index in [9.17, 15) is 24.1 Å². The third-order valence-corrected chi connectivity index (χ3v) is 6.14. The van der Waals surface area contributed by atoms with E-state index >= 15 is 0 Å². The molecule has 2 aromatic heterocycles. The van der Waals surface area contributed by atoms with Crippen LogP contribution in [0.15, 0.2) is 36.0 Å². The van der Waals surface area contributed by atoms with Crippen molar-refractivity contribution < 1.29 is 13.6 Å². The minimum atomic E-state index is -3.03. The van der Waals surface area contributed by atoms with Crippen LogP contribution in [0, 0.1) is 29.6 Å². The Hall–Kier alpha value is -4.35. The highest BCUT2D eigenvalue weighted by atomic mass is 35.5. The Morgan fingerprint density at radius 3 is 2.70 bits per heavy atom. The predicted molar refractivity (Wildman–Crippen MR) is 132 cm³/mol. The minimum Gasteiger partial charge on any atom is -0.362 e. The zero-order valence-electron chi connectivity index (χ0n) is 19.9. The SMILES string of the molecule is C=CNc1cc(Cl)ccc1/C=c1\c(C)nc2c(C#N)c(C(F)F)nn2c1=NC(C)C(=O)NC1(C#N)CC1. The van der Waals surface area contributed by atoms with Crippen molar-refractivity contribution in [3.05, 3.63) is 69.2 Å². The molecule has 2 heterocycles. The molecule has 37 heavy (non-hydrogen) atoms. The highest BCUT2D eigenvalue weighted by molar-refractivity contribution is 6.30. The maximum absolute atomic E-state index is 13.7. The topological polar surface area (TPSA) is 131 Å². The van der Waals surface area contributed by atoms with Gasteiger partial charge >= 0.3 is 0 Å². The zero-order valence-corrected chi connectivity index (χ0v) is 20.6. The van der Waals surface area contributed by atoms with Crippen LogP contribution in [-0.2, 0) is 4.79 Å². The Morgan fingerprint density at radius 1 is 1.38 bits per heavy atom. The van der Waals surface area contributed by atoms with Gasteiger partial charge in [0.15, 0.2) is 11.1 Å². The number of benzene rings is 1. The fraction of sp³-hybridized carbons (Fsp3) is 0.280. The summed E-state index contributed by atoms with van der Waals surface area (Å²) in [5.41, 5.74) is -0.449. The second-order valence-corrected chi connectivity index (χ2v) is 8.99. The van der Waals surface area contributed by atoms with Crippen LogP contribution in [0.4, 0.5) is 14.5 Å². The number of nitrogens with zero attached hydrogens (tertiary/aromatic N) is 6. The van der Waals surface area contributed by atoms with Crippen molar-refractivity contribution in [3.8, 4) is 12.1 Å². The van der Waals surface area contributed by atoms with Crippen molar-refractivity contribution in [3.63, 3.8) is 0 Å². The van der Waals surface area contributed by atoms with Crippen LogP contribution >= 0.6 is 11.6 Å². The average molecular weight is 523 g/mol. The zero-order chi connectivity index (χ0) is 26.9. The van der Waals surface area contributed by atoms with Gasteiger partial charge in [-0.1, -0.05) is 24.2 Å². The quantitative estimate of drug-likeness (QED) is 0.490. The number of rotatable bonds is 7. The molecule has 4 rings (SSSR count). The van der Waals surface area contributed by atoms with E-state index < -0.39 is 29.6 Å². The number of carbonyl (C=O) groups is 1. The molecule has 1 fully saturated rings. The standard InChI is InChI=1S/C25H21ClF2N8O/c1-4-31-19-10-16(26)6-5-15(19)9-17-13(2)32-23-18(11-29)20(21(27)28)35-36(23)22(17)33-14(3)24(37)34-25(12-30)7-8-25/h4-6,9-10,14,21,31H,1,7-8H2,2-3H3,(H,34,37)/b17-9+,33-22?. The maximum Gasteiger partial charge on any atom is 0.283 e. The Morgan fingerprint density at radius 2 is 2.11 bits per heavy atom. The highest BCUT2D eigenvalue weighted by Gasteiger charge is 2.45. The summed E-state index contributed by atoms with van der Waals surface area (Å²) in [4.78, 5) is 21.7. The van der Waals surface area contributed by atoms with E-state index in [2.05, 4.69) is 38.4 Å². The molecule has 2 N–H and O–H groups in total. The summed E-state index contributed by atoms with van der Waals surface area (Å²) in [5.74, 6) is -0.505. The van der Waals surface area contributed by atoms with Crippen LogP contribution in [-0.4, -0.2) is 32.1 Å². The lowest BCUT2D eigenvalue weighted by Crippen LogP contribution is -2.43. The molecule has 188 valence electrons. The lowest BCUT2D eigenvalue weighted by atomic mass is 10.1. The van der Waals surface area contributed by atoms with E-state index in [-0.39, 0.29) is 16.7 Å². The van der Waals surface area contributed by atoms with Crippen molar-refractivity contribution in [2.24, 2.45) is 4.99 Å². The van der Waals surface area contributed by atoms with Gasteiger partial charge in [0, 0.05) is 15.9 Å². The number of aromatic nitrogens is 3. The van der Waals surface area contributed by atoms with Gasteiger partial charge in [-0.05, 0) is 56.7 Å². The Labute approximate surface area is 215 Å². The second kappa shape index (κ2) is 9.96. The molecular weight excluding hydrogens is 502 g/mol. The number of anilines is 1. The van der Waals surface area contributed by atoms with Gasteiger partial charge in [0.2, 0.25) is 5.91 Å². The Balaban J connectivity index is 2.02. The van der Waals surface area contributed by atoms with Crippen molar-refractivity contribution in [2.45, 2.75) is 44.7 Å². The summed E-state index contributed by atoms with van der Waals surface area (Å²) < 4.78 is 28.5. The van der Waals surface area contributed by atoms with Gasteiger partial charge in [-0.3, -0.25) is 9.79 Å². The molecule has 1 unspecified atom stereocenters. The number of aryl methyl sites for hydroxylation is 1. The first kappa shape index (κ1) is 25.7. The summed E-state index contributed by atoms with van der Waals surface area (Å²) in [6.07, 6.45) is 1.22. The van der Waals surface area contributed by atoms with Crippen molar-refractivity contribution in [1.29, 1.82) is 10.5 Å². The van der Waals surface area contributed by atoms with Gasteiger partial charge in [-0.25, -0.2) is 13.8 Å². The number of alkyl halides is 2. The van der Waals surface area contributed by atoms with Gasteiger partial charge in [0.25, 0.3) is 6.43 Å². The van der Waals surface area contributed by atoms with Crippen molar-refractivity contribution >= 4 is 34.9 Å². The molecule has 1 aromatic carbocycles. The molecule has 1 aliphatic rings. The van der Waals surface area contributed by atoms with Crippen LogP contribution in [0.1, 0.15) is 48.7 Å². The smallest absolute Gasteiger partial charge is 0.283 e.